The molecule has 1 heterocycles. The summed E-state index contributed by atoms with van der Waals surface area (Å²) < 4.78 is 1.56. The predicted molar refractivity (Wildman–Crippen MR) is 90.2 cm³/mol. The van der Waals surface area contributed by atoms with Crippen molar-refractivity contribution in [2.45, 2.75) is 25.5 Å². The van der Waals surface area contributed by atoms with Crippen LogP contribution in [-0.4, -0.2) is 32.3 Å². The Morgan fingerprint density at radius 3 is 2.35 bits per heavy atom. The van der Waals surface area contributed by atoms with Crippen LogP contribution in [0.2, 0.25) is 0 Å². The fourth-order valence-electron chi connectivity index (χ4n) is 1.87. The van der Waals surface area contributed by atoms with Crippen LogP contribution in [0.4, 0.5) is 17.3 Å². The van der Waals surface area contributed by atoms with Crippen molar-refractivity contribution in [3.8, 4) is 0 Å². The summed E-state index contributed by atoms with van der Waals surface area (Å²) in [7, 11) is 0. The molecule has 23 heavy (non-hydrogen) atoms. The van der Waals surface area contributed by atoms with Crippen molar-refractivity contribution >= 4 is 40.9 Å². The zero-order valence-corrected chi connectivity index (χ0v) is 13.7. The number of carbonyl (C=O) groups is 2. The summed E-state index contributed by atoms with van der Waals surface area (Å²) >= 11 is 1.47. The van der Waals surface area contributed by atoms with Crippen molar-refractivity contribution < 1.29 is 9.59 Å². The minimum atomic E-state index is -0.235. The Bertz CT molecular complexity index is 698. The number of carbonyl (C=O) groups excluding carboxylic acids is 2. The minimum absolute atomic E-state index is 0.0363. The molecule has 4 N–H and O–H groups in total. The molecule has 0 fully saturated rings. The van der Waals surface area contributed by atoms with Gasteiger partial charge in [0.05, 0.1) is 0 Å². The van der Waals surface area contributed by atoms with Crippen molar-refractivity contribution in [2.24, 2.45) is 0 Å². The van der Waals surface area contributed by atoms with E-state index in [4.69, 9.17) is 5.73 Å². The third-order valence-corrected chi connectivity index (χ3v) is 3.66. The highest BCUT2D eigenvalue weighted by atomic mass is 32.2. The number of benzene rings is 1. The quantitative estimate of drug-likeness (QED) is 0.691. The van der Waals surface area contributed by atoms with Gasteiger partial charge in [0.1, 0.15) is 6.54 Å². The molecule has 0 atom stereocenters. The van der Waals surface area contributed by atoms with Crippen molar-refractivity contribution in [1.29, 1.82) is 0 Å². The second-order valence-corrected chi connectivity index (χ2v) is 5.90. The van der Waals surface area contributed by atoms with Crippen LogP contribution < -0.4 is 16.4 Å². The summed E-state index contributed by atoms with van der Waals surface area (Å²) in [6, 6.07) is 6.84. The molecule has 0 saturated heterocycles. The molecule has 9 heteroatoms. The Morgan fingerprint density at radius 1 is 1.17 bits per heavy atom. The molecule has 1 aromatic heterocycles. The van der Waals surface area contributed by atoms with Crippen molar-refractivity contribution in [3.63, 3.8) is 0 Å². The van der Waals surface area contributed by atoms with Crippen LogP contribution in [0, 0.1) is 0 Å². The van der Waals surface area contributed by atoms with Crippen LogP contribution in [0.15, 0.2) is 29.4 Å². The van der Waals surface area contributed by atoms with Gasteiger partial charge in [-0.25, -0.2) is 0 Å². The highest BCUT2D eigenvalue weighted by Gasteiger charge is 2.13. The third-order valence-electron chi connectivity index (χ3n) is 2.81. The molecule has 8 nitrogen and oxygen atoms in total. The second kappa shape index (κ2) is 7.63. The molecule has 0 unspecified atom stereocenters. The molecular weight excluding hydrogens is 316 g/mol. The number of rotatable bonds is 6. The Hall–Kier alpha value is -2.55. The molecule has 0 saturated carbocycles. The molecular formula is C14H18N6O2S. The number of nitrogens with two attached hydrogens (primary N) is 1. The standard InChI is InChI=1S/C14H18N6O2S/c1-3-23-14-19-18-13(15)20(14)8-12(22)17-11-6-4-10(5-7-11)16-9(2)21/h4-7H,3,8H2,1-2H3,(H2,15,18)(H,16,21)(H,17,22). The number of anilines is 3. The van der Waals surface area contributed by atoms with Gasteiger partial charge in [-0.2, -0.15) is 0 Å². The zero-order valence-electron chi connectivity index (χ0n) is 12.9. The topological polar surface area (TPSA) is 115 Å². The molecule has 2 aromatic rings. The molecule has 2 rings (SSSR count). The van der Waals surface area contributed by atoms with E-state index in [0.29, 0.717) is 16.5 Å². The van der Waals surface area contributed by atoms with Gasteiger partial charge in [0.2, 0.25) is 17.8 Å². The summed E-state index contributed by atoms with van der Waals surface area (Å²) in [6.45, 7) is 3.45. The molecule has 0 spiro atoms. The first-order valence-electron chi connectivity index (χ1n) is 6.98. The largest absolute Gasteiger partial charge is 0.368 e. The highest BCUT2D eigenvalue weighted by molar-refractivity contribution is 7.99. The van der Waals surface area contributed by atoms with Crippen molar-refractivity contribution in [2.75, 3.05) is 22.1 Å². The summed E-state index contributed by atoms with van der Waals surface area (Å²) in [5, 5.41) is 13.8. The number of hydrogen-bond donors (Lipinski definition) is 3. The zero-order chi connectivity index (χ0) is 16.8. The van der Waals surface area contributed by atoms with Crippen LogP contribution in [0.1, 0.15) is 13.8 Å². The van der Waals surface area contributed by atoms with Gasteiger partial charge in [-0.1, -0.05) is 18.7 Å². The average Bonchev–Trinajstić information content (AvgIpc) is 2.82. The molecule has 0 aliphatic carbocycles. The number of nitrogen functional groups attached to an aromatic ring is 1. The lowest BCUT2D eigenvalue weighted by atomic mass is 10.2. The average molecular weight is 334 g/mol. The number of hydrogen-bond acceptors (Lipinski definition) is 6. The van der Waals surface area contributed by atoms with E-state index in [1.54, 1.807) is 28.8 Å². The maximum absolute atomic E-state index is 12.1. The van der Waals surface area contributed by atoms with E-state index >= 15 is 0 Å². The predicted octanol–water partition coefficient (Wildman–Crippen LogP) is 1.57. The number of aromatic nitrogens is 3. The fraction of sp³-hybridized carbons (Fsp3) is 0.286. The van der Waals surface area contributed by atoms with Gasteiger partial charge in [-0.05, 0) is 30.0 Å². The Labute approximate surface area is 137 Å². The Balaban J connectivity index is 1.99. The maximum atomic E-state index is 12.1. The lowest BCUT2D eigenvalue weighted by Crippen LogP contribution is -2.20. The van der Waals surface area contributed by atoms with Gasteiger partial charge in [-0.3, -0.25) is 14.2 Å². The molecule has 0 aliphatic rings. The smallest absolute Gasteiger partial charge is 0.244 e. The van der Waals surface area contributed by atoms with Gasteiger partial charge in [-0.15, -0.1) is 10.2 Å². The van der Waals surface area contributed by atoms with Gasteiger partial charge < -0.3 is 16.4 Å². The number of nitrogens with one attached hydrogen (secondary N) is 2. The normalized spacial score (nSPS) is 10.3. The lowest BCUT2D eigenvalue weighted by molar-refractivity contribution is -0.117. The summed E-state index contributed by atoms with van der Waals surface area (Å²) in [4.78, 5) is 23.1. The monoisotopic (exact) mass is 334 g/mol. The first kappa shape index (κ1) is 16.8. The van der Waals surface area contributed by atoms with Crippen molar-refractivity contribution in [3.05, 3.63) is 24.3 Å². The number of nitrogens with zero attached hydrogens (tertiary/aromatic N) is 3. The summed E-state index contributed by atoms with van der Waals surface area (Å²) in [5.41, 5.74) is 7.03. The molecule has 0 bridgehead atoms. The SMILES string of the molecule is CCSc1nnc(N)n1CC(=O)Nc1ccc(NC(C)=O)cc1. The van der Waals surface area contributed by atoms with Crippen molar-refractivity contribution in [1.82, 2.24) is 14.8 Å². The minimum Gasteiger partial charge on any atom is -0.368 e. The number of amides is 2. The lowest BCUT2D eigenvalue weighted by Gasteiger charge is -2.09. The van der Waals surface area contributed by atoms with E-state index in [9.17, 15) is 9.59 Å². The first-order valence-corrected chi connectivity index (χ1v) is 7.97. The van der Waals surface area contributed by atoms with E-state index < -0.39 is 0 Å². The highest BCUT2D eigenvalue weighted by Crippen LogP contribution is 2.18. The van der Waals surface area contributed by atoms with Crippen LogP contribution in [0.5, 0.6) is 0 Å². The fourth-order valence-corrected chi connectivity index (χ4v) is 2.54. The van der Waals surface area contributed by atoms with Gasteiger partial charge in [0, 0.05) is 18.3 Å². The Kier molecular flexibility index (Phi) is 5.58. The molecule has 2 amide bonds. The molecule has 0 radical (unpaired) electrons. The summed E-state index contributed by atoms with van der Waals surface area (Å²) in [6.07, 6.45) is 0. The van der Waals surface area contributed by atoms with E-state index in [2.05, 4.69) is 20.8 Å². The van der Waals surface area contributed by atoms with Crippen LogP contribution in [-0.2, 0) is 16.1 Å². The van der Waals surface area contributed by atoms with Crippen LogP contribution in [0.25, 0.3) is 0 Å². The van der Waals surface area contributed by atoms with E-state index in [0.717, 1.165) is 5.75 Å². The van der Waals surface area contributed by atoms with E-state index in [-0.39, 0.29) is 24.3 Å². The maximum Gasteiger partial charge on any atom is 0.244 e. The van der Waals surface area contributed by atoms with Crippen LogP contribution in [0.3, 0.4) is 0 Å². The molecule has 1 aromatic carbocycles. The second-order valence-electron chi connectivity index (χ2n) is 4.67. The molecule has 122 valence electrons. The van der Waals surface area contributed by atoms with E-state index in [1.165, 1.54) is 18.7 Å². The molecule has 0 aliphatic heterocycles. The third kappa shape index (κ3) is 4.71. The Morgan fingerprint density at radius 2 is 1.78 bits per heavy atom. The van der Waals surface area contributed by atoms with Gasteiger partial charge in [0.25, 0.3) is 0 Å². The van der Waals surface area contributed by atoms with Gasteiger partial charge >= 0.3 is 0 Å². The van der Waals surface area contributed by atoms with Gasteiger partial charge in [0.15, 0.2) is 5.16 Å². The number of thioether (sulfide) groups is 1. The first-order chi connectivity index (χ1) is 11.0. The van der Waals surface area contributed by atoms with Crippen LogP contribution >= 0.6 is 11.8 Å². The summed E-state index contributed by atoms with van der Waals surface area (Å²) in [5.74, 6) is 0.634. The van der Waals surface area contributed by atoms with E-state index in [1.807, 2.05) is 6.92 Å².